The predicted molar refractivity (Wildman–Crippen MR) is 113 cm³/mol. The van der Waals surface area contributed by atoms with Crippen molar-refractivity contribution < 1.29 is 13.6 Å². The minimum absolute atomic E-state index is 0.0159. The number of aryl methyl sites for hydroxylation is 1. The van der Waals surface area contributed by atoms with Crippen molar-refractivity contribution in [3.8, 4) is 0 Å². The first-order valence-corrected chi connectivity index (χ1v) is 10.4. The van der Waals surface area contributed by atoms with Crippen molar-refractivity contribution in [3.05, 3.63) is 103 Å². The first-order chi connectivity index (χ1) is 14.4. The van der Waals surface area contributed by atoms with Crippen LogP contribution in [0.15, 0.2) is 64.0 Å². The van der Waals surface area contributed by atoms with Gasteiger partial charge in [-0.15, -0.1) is 0 Å². The summed E-state index contributed by atoms with van der Waals surface area (Å²) in [7, 11) is 0. The molecule has 2 aromatic carbocycles. The Morgan fingerprint density at radius 2 is 1.97 bits per heavy atom. The Bertz CT molecular complexity index is 1180. The van der Waals surface area contributed by atoms with E-state index in [2.05, 4.69) is 27.3 Å². The number of fused-ring (bicyclic) bond motifs is 1. The third-order valence-electron chi connectivity index (χ3n) is 5.33. The molecule has 1 unspecified atom stereocenters. The Hall–Kier alpha value is -2.80. The van der Waals surface area contributed by atoms with Gasteiger partial charge in [-0.05, 0) is 72.4 Å². The summed E-state index contributed by atoms with van der Waals surface area (Å²) in [5.74, 6) is -2.37. The Labute approximate surface area is 180 Å². The zero-order valence-electron chi connectivity index (χ0n) is 16.0. The SMILES string of the molecule is O=C(NC1CCCc2ccc(Br)cc21)c1cccn(Cc2ccc(F)c(F)c2)c1=O. The van der Waals surface area contributed by atoms with Crippen molar-refractivity contribution in [2.75, 3.05) is 0 Å². The fourth-order valence-electron chi connectivity index (χ4n) is 3.82. The second-order valence-corrected chi connectivity index (χ2v) is 8.28. The molecule has 0 spiro atoms. The first kappa shape index (κ1) is 20.5. The van der Waals surface area contributed by atoms with Crippen LogP contribution in [0.1, 0.15) is 45.9 Å². The Balaban J connectivity index is 1.57. The number of hydrogen-bond acceptors (Lipinski definition) is 2. The number of amides is 1. The summed E-state index contributed by atoms with van der Waals surface area (Å²) in [5, 5.41) is 2.98. The van der Waals surface area contributed by atoms with Crippen LogP contribution >= 0.6 is 15.9 Å². The number of nitrogens with zero attached hydrogens (tertiary/aromatic N) is 1. The molecule has 7 heteroatoms. The van der Waals surface area contributed by atoms with Gasteiger partial charge in [-0.25, -0.2) is 8.78 Å². The number of carbonyl (C=O) groups excluding carboxylic acids is 1. The lowest BCUT2D eigenvalue weighted by atomic mass is 9.87. The number of aromatic nitrogens is 1. The predicted octanol–water partition coefficient (Wildman–Crippen LogP) is 4.74. The van der Waals surface area contributed by atoms with E-state index in [1.54, 1.807) is 6.07 Å². The smallest absolute Gasteiger partial charge is 0.263 e. The highest BCUT2D eigenvalue weighted by Crippen LogP contribution is 2.32. The molecule has 0 radical (unpaired) electrons. The van der Waals surface area contributed by atoms with Gasteiger partial charge in [-0.3, -0.25) is 9.59 Å². The zero-order valence-corrected chi connectivity index (χ0v) is 17.6. The van der Waals surface area contributed by atoms with Crippen molar-refractivity contribution in [2.24, 2.45) is 0 Å². The van der Waals surface area contributed by atoms with E-state index in [0.29, 0.717) is 5.56 Å². The van der Waals surface area contributed by atoms with Crippen molar-refractivity contribution >= 4 is 21.8 Å². The van der Waals surface area contributed by atoms with Gasteiger partial charge in [0.05, 0.1) is 12.6 Å². The summed E-state index contributed by atoms with van der Waals surface area (Å²) in [6, 6.07) is 12.4. The van der Waals surface area contributed by atoms with Gasteiger partial charge in [-0.1, -0.05) is 28.1 Å². The highest BCUT2D eigenvalue weighted by atomic mass is 79.9. The van der Waals surface area contributed by atoms with E-state index in [9.17, 15) is 18.4 Å². The minimum Gasteiger partial charge on any atom is -0.345 e. The van der Waals surface area contributed by atoms with Gasteiger partial charge < -0.3 is 9.88 Å². The van der Waals surface area contributed by atoms with Crippen LogP contribution in [0.2, 0.25) is 0 Å². The van der Waals surface area contributed by atoms with E-state index >= 15 is 0 Å². The highest BCUT2D eigenvalue weighted by molar-refractivity contribution is 9.10. The summed E-state index contributed by atoms with van der Waals surface area (Å²) in [4.78, 5) is 25.7. The summed E-state index contributed by atoms with van der Waals surface area (Å²) in [6.45, 7) is 0.0381. The molecule has 1 heterocycles. The first-order valence-electron chi connectivity index (χ1n) is 9.65. The van der Waals surface area contributed by atoms with E-state index in [-0.39, 0.29) is 18.2 Å². The molecular weight excluding hydrogens is 454 g/mol. The summed E-state index contributed by atoms with van der Waals surface area (Å²) < 4.78 is 28.9. The summed E-state index contributed by atoms with van der Waals surface area (Å²) >= 11 is 3.48. The molecule has 0 saturated carbocycles. The molecule has 0 aliphatic heterocycles. The lowest BCUT2D eigenvalue weighted by Crippen LogP contribution is -2.36. The number of rotatable bonds is 4. The molecule has 1 aliphatic rings. The molecule has 0 bridgehead atoms. The van der Waals surface area contributed by atoms with Crippen LogP contribution in [-0.2, 0) is 13.0 Å². The van der Waals surface area contributed by atoms with Crippen LogP contribution in [0.3, 0.4) is 0 Å². The van der Waals surface area contributed by atoms with Crippen LogP contribution in [0.5, 0.6) is 0 Å². The number of halogens is 3. The number of pyridine rings is 1. The van der Waals surface area contributed by atoms with E-state index in [4.69, 9.17) is 0 Å². The second kappa shape index (κ2) is 8.52. The van der Waals surface area contributed by atoms with Crippen LogP contribution in [-0.4, -0.2) is 10.5 Å². The molecule has 30 heavy (non-hydrogen) atoms. The van der Waals surface area contributed by atoms with Crippen LogP contribution in [0.25, 0.3) is 0 Å². The van der Waals surface area contributed by atoms with Crippen LogP contribution < -0.4 is 10.9 Å². The monoisotopic (exact) mass is 472 g/mol. The van der Waals surface area contributed by atoms with Gasteiger partial charge in [-0.2, -0.15) is 0 Å². The standard InChI is InChI=1S/C23H19BrF2N2O2/c24-16-8-7-15-3-1-5-21(18(15)12-16)27-22(29)17-4-2-10-28(23(17)30)13-14-6-9-19(25)20(26)11-14/h2,4,6-12,21H,1,3,5,13H2,(H,27,29). The molecule has 1 aliphatic carbocycles. The molecular formula is C23H19BrF2N2O2. The van der Waals surface area contributed by atoms with Gasteiger partial charge in [0.2, 0.25) is 0 Å². The molecule has 0 saturated heterocycles. The van der Waals surface area contributed by atoms with E-state index in [1.807, 2.05) is 12.1 Å². The average Bonchev–Trinajstić information content (AvgIpc) is 2.72. The van der Waals surface area contributed by atoms with Gasteiger partial charge >= 0.3 is 0 Å². The number of carbonyl (C=O) groups is 1. The largest absolute Gasteiger partial charge is 0.345 e. The third-order valence-corrected chi connectivity index (χ3v) is 5.82. The zero-order chi connectivity index (χ0) is 21.3. The molecule has 154 valence electrons. The normalized spacial score (nSPS) is 15.5. The van der Waals surface area contributed by atoms with Crippen LogP contribution in [0.4, 0.5) is 8.78 Å². The van der Waals surface area contributed by atoms with E-state index < -0.39 is 23.1 Å². The maximum absolute atomic E-state index is 13.5. The van der Waals surface area contributed by atoms with Crippen LogP contribution in [0, 0.1) is 11.6 Å². The molecule has 0 fully saturated rings. The molecule has 1 atom stereocenters. The Morgan fingerprint density at radius 1 is 1.13 bits per heavy atom. The Kier molecular flexibility index (Phi) is 5.81. The molecule has 1 aromatic heterocycles. The lowest BCUT2D eigenvalue weighted by molar-refractivity contribution is 0.0930. The molecule has 1 N–H and O–H groups in total. The molecule has 4 nitrogen and oxygen atoms in total. The quantitative estimate of drug-likeness (QED) is 0.595. The fourth-order valence-corrected chi connectivity index (χ4v) is 4.20. The molecule has 4 rings (SSSR count). The second-order valence-electron chi connectivity index (χ2n) is 7.36. The van der Waals surface area contributed by atoms with Gasteiger partial charge in [0.15, 0.2) is 11.6 Å². The summed E-state index contributed by atoms with van der Waals surface area (Å²) in [6.07, 6.45) is 4.23. The number of benzene rings is 2. The maximum Gasteiger partial charge on any atom is 0.263 e. The van der Waals surface area contributed by atoms with Gasteiger partial charge in [0.1, 0.15) is 5.56 Å². The van der Waals surface area contributed by atoms with E-state index in [1.165, 1.54) is 28.5 Å². The van der Waals surface area contributed by atoms with Crippen molar-refractivity contribution in [2.45, 2.75) is 31.8 Å². The third kappa shape index (κ3) is 4.21. The van der Waals surface area contributed by atoms with Gasteiger partial charge in [0, 0.05) is 10.7 Å². The Morgan fingerprint density at radius 3 is 2.77 bits per heavy atom. The molecule has 3 aromatic rings. The lowest BCUT2D eigenvalue weighted by Gasteiger charge is -2.26. The average molecular weight is 473 g/mol. The molecule has 1 amide bonds. The van der Waals surface area contributed by atoms with Crippen molar-refractivity contribution in [3.63, 3.8) is 0 Å². The van der Waals surface area contributed by atoms with Crippen molar-refractivity contribution in [1.29, 1.82) is 0 Å². The topological polar surface area (TPSA) is 51.1 Å². The minimum atomic E-state index is -0.975. The summed E-state index contributed by atoms with van der Waals surface area (Å²) in [5.41, 5.74) is 2.22. The van der Waals surface area contributed by atoms with Gasteiger partial charge in [0.25, 0.3) is 11.5 Å². The maximum atomic E-state index is 13.5. The fraction of sp³-hybridized carbons (Fsp3) is 0.217. The number of hydrogen-bond donors (Lipinski definition) is 1. The van der Waals surface area contributed by atoms with Crippen molar-refractivity contribution in [1.82, 2.24) is 9.88 Å². The highest BCUT2D eigenvalue weighted by Gasteiger charge is 2.23. The number of nitrogens with one attached hydrogen (secondary N) is 1. The van der Waals surface area contributed by atoms with E-state index in [0.717, 1.165) is 41.4 Å².